The molecule has 0 bridgehead atoms. The summed E-state index contributed by atoms with van der Waals surface area (Å²) in [4.78, 5) is 19.5. The number of aliphatic hydroxyl groups is 1. The first-order chi connectivity index (χ1) is 12.6. The van der Waals surface area contributed by atoms with Gasteiger partial charge >= 0.3 is 0 Å². The maximum Gasteiger partial charge on any atom is 0.255 e. The van der Waals surface area contributed by atoms with E-state index >= 15 is 0 Å². The number of piperazine rings is 1. The number of likely N-dealkylation sites (tertiary alicyclic amines) is 1. The van der Waals surface area contributed by atoms with Gasteiger partial charge in [-0.25, -0.2) is 0 Å². The molecule has 0 aliphatic carbocycles. The van der Waals surface area contributed by atoms with Crippen molar-refractivity contribution < 1.29 is 9.90 Å². The SMILES string of the molecule is CN1CCN(C[C@@H]2CN(C(=O)c3ccc4nnnn4c3)C[C@@H]2CO)CC1. The number of fused-ring (bicyclic) bond motifs is 1. The molecule has 140 valence electrons. The first-order valence-corrected chi connectivity index (χ1v) is 9.13. The van der Waals surface area contributed by atoms with Crippen LogP contribution in [0.3, 0.4) is 0 Å². The van der Waals surface area contributed by atoms with E-state index in [0.29, 0.717) is 30.2 Å². The van der Waals surface area contributed by atoms with Crippen molar-refractivity contribution in [3.05, 3.63) is 23.9 Å². The number of carbonyl (C=O) groups is 1. The molecule has 0 saturated carbocycles. The second-order valence-corrected chi connectivity index (χ2v) is 7.42. The predicted octanol–water partition coefficient (Wildman–Crippen LogP) is -0.948. The fourth-order valence-electron chi connectivity index (χ4n) is 3.93. The third-order valence-electron chi connectivity index (χ3n) is 5.63. The largest absolute Gasteiger partial charge is 0.396 e. The van der Waals surface area contributed by atoms with Crippen molar-refractivity contribution in [2.45, 2.75) is 0 Å². The van der Waals surface area contributed by atoms with Crippen LogP contribution < -0.4 is 0 Å². The third-order valence-corrected chi connectivity index (χ3v) is 5.63. The highest BCUT2D eigenvalue weighted by Crippen LogP contribution is 2.26. The fourth-order valence-corrected chi connectivity index (χ4v) is 3.93. The Hall–Kier alpha value is -2.10. The van der Waals surface area contributed by atoms with Crippen molar-refractivity contribution in [2.75, 3.05) is 59.5 Å². The van der Waals surface area contributed by atoms with Crippen molar-refractivity contribution in [1.29, 1.82) is 0 Å². The Balaban J connectivity index is 1.43. The van der Waals surface area contributed by atoms with Crippen molar-refractivity contribution in [1.82, 2.24) is 34.7 Å². The Kier molecular flexibility index (Phi) is 4.84. The summed E-state index contributed by atoms with van der Waals surface area (Å²) in [5.41, 5.74) is 1.19. The number of likely N-dealkylation sites (N-methyl/N-ethyl adjacent to an activating group) is 1. The van der Waals surface area contributed by atoms with Crippen LogP contribution in [0.1, 0.15) is 10.4 Å². The zero-order valence-corrected chi connectivity index (χ0v) is 15.0. The lowest BCUT2D eigenvalue weighted by atomic mass is 9.96. The second kappa shape index (κ2) is 7.26. The molecule has 4 rings (SSSR count). The van der Waals surface area contributed by atoms with Gasteiger partial charge in [0.2, 0.25) is 0 Å². The van der Waals surface area contributed by atoms with E-state index in [-0.39, 0.29) is 18.4 Å². The van der Waals surface area contributed by atoms with Crippen LogP contribution in [0.15, 0.2) is 18.3 Å². The molecule has 0 radical (unpaired) electrons. The van der Waals surface area contributed by atoms with E-state index in [9.17, 15) is 9.90 Å². The zero-order chi connectivity index (χ0) is 18.1. The van der Waals surface area contributed by atoms with E-state index in [1.807, 2.05) is 4.90 Å². The molecule has 2 aliphatic rings. The molecule has 0 unspecified atom stereocenters. The minimum absolute atomic E-state index is 0.0262. The van der Waals surface area contributed by atoms with Gasteiger partial charge in [0, 0.05) is 64.5 Å². The van der Waals surface area contributed by atoms with Gasteiger partial charge in [-0.1, -0.05) is 0 Å². The van der Waals surface area contributed by atoms with Crippen LogP contribution in [0.4, 0.5) is 0 Å². The van der Waals surface area contributed by atoms with Gasteiger partial charge in [-0.15, -0.1) is 5.10 Å². The fraction of sp³-hybridized carbons (Fsp3) is 0.647. The number of aromatic nitrogens is 4. The van der Waals surface area contributed by atoms with Gasteiger partial charge in [0.1, 0.15) is 0 Å². The van der Waals surface area contributed by atoms with Gasteiger partial charge in [-0.2, -0.15) is 4.52 Å². The van der Waals surface area contributed by atoms with Gasteiger partial charge in [0.15, 0.2) is 5.65 Å². The monoisotopic (exact) mass is 359 g/mol. The molecule has 1 amide bonds. The maximum atomic E-state index is 12.9. The number of carbonyl (C=O) groups excluding carboxylic acids is 1. The topological polar surface area (TPSA) is 90.1 Å². The van der Waals surface area contributed by atoms with Gasteiger partial charge < -0.3 is 19.8 Å². The molecule has 2 aliphatic heterocycles. The molecular formula is C17H25N7O2. The molecule has 0 spiro atoms. The summed E-state index contributed by atoms with van der Waals surface area (Å²) < 4.78 is 1.51. The number of nitrogens with zero attached hydrogens (tertiary/aromatic N) is 7. The first-order valence-electron chi connectivity index (χ1n) is 9.13. The van der Waals surface area contributed by atoms with E-state index in [4.69, 9.17) is 0 Å². The quantitative estimate of drug-likeness (QED) is 0.753. The highest BCUT2D eigenvalue weighted by atomic mass is 16.3. The number of pyridine rings is 1. The van der Waals surface area contributed by atoms with Gasteiger partial charge in [-0.3, -0.25) is 4.79 Å². The molecular weight excluding hydrogens is 334 g/mol. The summed E-state index contributed by atoms with van der Waals surface area (Å²) in [6.45, 7) is 6.59. The highest BCUT2D eigenvalue weighted by molar-refractivity contribution is 5.94. The number of amides is 1. The average Bonchev–Trinajstić information content (AvgIpc) is 3.29. The van der Waals surface area contributed by atoms with Crippen LogP contribution in [0.2, 0.25) is 0 Å². The Bertz CT molecular complexity index is 771. The van der Waals surface area contributed by atoms with Crippen LogP contribution in [0.5, 0.6) is 0 Å². The van der Waals surface area contributed by atoms with E-state index in [1.54, 1.807) is 18.3 Å². The van der Waals surface area contributed by atoms with Crippen LogP contribution in [0, 0.1) is 11.8 Å². The summed E-state index contributed by atoms with van der Waals surface area (Å²) in [5, 5.41) is 21.1. The molecule has 2 fully saturated rings. The Labute approximate surface area is 152 Å². The van der Waals surface area contributed by atoms with Crippen molar-refractivity contribution in [2.24, 2.45) is 11.8 Å². The van der Waals surface area contributed by atoms with Crippen LogP contribution in [-0.2, 0) is 0 Å². The van der Waals surface area contributed by atoms with Gasteiger partial charge in [-0.05, 0) is 35.5 Å². The minimum Gasteiger partial charge on any atom is -0.396 e. The normalized spacial score (nSPS) is 25.2. The second-order valence-electron chi connectivity index (χ2n) is 7.42. The first kappa shape index (κ1) is 17.3. The van der Waals surface area contributed by atoms with Crippen molar-refractivity contribution in [3.63, 3.8) is 0 Å². The standard InChI is InChI=1S/C17H25N7O2/c1-21-4-6-22(7-5-21)8-14-9-23(10-15(14)12-25)17(26)13-2-3-16-18-19-20-24(16)11-13/h2-3,11,14-15,25H,4-10,12H2,1H3/t14-,15-/m1/s1. The Morgan fingerprint density at radius 3 is 2.73 bits per heavy atom. The molecule has 2 aromatic heterocycles. The number of rotatable bonds is 4. The van der Waals surface area contributed by atoms with Crippen LogP contribution in [0.25, 0.3) is 5.65 Å². The third kappa shape index (κ3) is 3.42. The van der Waals surface area contributed by atoms with Crippen LogP contribution in [-0.4, -0.2) is 105 Å². The Morgan fingerprint density at radius 2 is 1.96 bits per heavy atom. The number of hydrogen-bond acceptors (Lipinski definition) is 7. The lowest BCUT2D eigenvalue weighted by Crippen LogP contribution is -2.47. The molecule has 26 heavy (non-hydrogen) atoms. The predicted molar refractivity (Wildman–Crippen MR) is 94.7 cm³/mol. The molecule has 4 heterocycles. The molecule has 2 aromatic rings. The highest BCUT2D eigenvalue weighted by Gasteiger charge is 2.36. The Morgan fingerprint density at radius 1 is 1.19 bits per heavy atom. The number of hydrogen-bond donors (Lipinski definition) is 1. The lowest BCUT2D eigenvalue weighted by molar-refractivity contribution is 0.0776. The van der Waals surface area contributed by atoms with Crippen molar-refractivity contribution in [3.8, 4) is 0 Å². The van der Waals surface area contributed by atoms with E-state index in [0.717, 1.165) is 32.7 Å². The van der Waals surface area contributed by atoms with E-state index in [1.165, 1.54) is 4.52 Å². The average molecular weight is 359 g/mol. The van der Waals surface area contributed by atoms with Gasteiger partial charge in [0.05, 0.1) is 5.56 Å². The number of aliphatic hydroxyl groups excluding tert-OH is 1. The molecule has 9 nitrogen and oxygen atoms in total. The summed E-state index contributed by atoms with van der Waals surface area (Å²) >= 11 is 0. The number of tetrazole rings is 1. The smallest absolute Gasteiger partial charge is 0.255 e. The van der Waals surface area contributed by atoms with E-state index in [2.05, 4.69) is 32.4 Å². The van der Waals surface area contributed by atoms with Gasteiger partial charge in [0.25, 0.3) is 5.91 Å². The molecule has 2 atom stereocenters. The zero-order valence-electron chi connectivity index (χ0n) is 15.0. The molecule has 1 N–H and O–H groups in total. The maximum absolute atomic E-state index is 12.9. The lowest BCUT2D eigenvalue weighted by Gasteiger charge is -2.34. The minimum atomic E-state index is -0.0262. The summed E-state index contributed by atoms with van der Waals surface area (Å²) in [6, 6.07) is 3.50. The summed E-state index contributed by atoms with van der Waals surface area (Å²) in [7, 11) is 2.14. The summed E-state index contributed by atoms with van der Waals surface area (Å²) in [6.07, 6.45) is 1.67. The molecule has 2 saturated heterocycles. The van der Waals surface area contributed by atoms with Crippen LogP contribution >= 0.6 is 0 Å². The molecule has 9 heteroatoms. The summed E-state index contributed by atoms with van der Waals surface area (Å²) in [5.74, 6) is 0.418. The van der Waals surface area contributed by atoms with E-state index < -0.39 is 0 Å². The molecule has 0 aromatic carbocycles. The van der Waals surface area contributed by atoms with Crippen molar-refractivity contribution >= 4 is 11.6 Å².